The lowest BCUT2D eigenvalue weighted by molar-refractivity contribution is 0.0825. The van der Waals surface area contributed by atoms with Crippen LogP contribution in [0.2, 0.25) is 0 Å². The van der Waals surface area contributed by atoms with E-state index >= 15 is 0 Å². The van der Waals surface area contributed by atoms with Crippen LogP contribution in [0, 0.1) is 0 Å². The highest BCUT2D eigenvalue weighted by atomic mass is 16.2. The van der Waals surface area contributed by atoms with Crippen molar-refractivity contribution in [1.82, 2.24) is 15.2 Å². The quantitative estimate of drug-likeness (QED) is 0.0810. The second-order valence-corrected chi connectivity index (χ2v) is 8.00. The molecule has 37 heavy (non-hydrogen) atoms. The van der Waals surface area contributed by atoms with Crippen LogP contribution < -0.4 is 23.0 Å². The van der Waals surface area contributed by atoms with Gasteiger partial charge in [0.25, 0.3) is 0 Å². The summed E-state index contributed by atoms with van der Waals surface area (Å²) in [4.78, 5) is 27.4. The van der Waals surface area contributed by atoms with Crippen LogP contribution in [-0.4, -0.2) is 32.7 Å². The van der Waals surface area contributed by atoms with Gasteiger partial charge in [-0.25, -0.2) is 4.98 Å². The van der Waals surface area contributed by atoms with Crippen LogP contribution in [0.3, 0.4) is 0 Å². The molecule has 0 saturated heterocycles. The number of benzene rings is 4. The third-order valence-electron chi connectivity index (χ3n) is 5.87. The van der Waals surface area contributed by atoms with Crippen LogP contribution in [-0.2, 0) is 0 Å². The molecule has 0 saturated carbocycles. The van der Waals surface area contributed by atoms with Gasteiger partial charge >= 0.3 is 0 Å². The molecule has 7 rings (SSSR count). The van der Waals surface area contributed by atoms with E-state index < -0.39 is 0 Å². The number of carbonyl (C=O) groups is 2. The highest BCUT2D eigenvalue weighted by Crippen LogP contribution is 2.44. The number of aromatic nitrogens is 3. The first-order valence-electron chi connectivity index (χ1n) is 10.8. The Morgan fingerprint density at radius 3 is 1.51 bits per heavy atom. The van der Waals surface area contributed by atoms with Crippen LogP contribution in [0.1, 0.15) is 28.1 Å². The van der Waals surface area contributed by atoms with Crippen molar-refractivity contribution in [3.8, 4) is 22.5 Å². The molecular weight excluding hydrogens is 468 g/mol. The van der Waals surface area contributed by atoms with E-state index in [1.165, 1.54) is 10.8 Å². The van der Waals surface area contributed by atoms with E-state index in [-0.39, 0.29) is 30.9 Å². The Labute approximate surface area is 212 Å². The molecule has 0 radical (unpaired) electrons. The second-order valence-electron chi connectivity index (χ2n) is 8.00. The Hall–Kier alpha value is -5.38. The molecule has 0 atom stereocenters. The first-order chi connectivity index (χ1) is 17.4. The highest BCUT2D eigenvalue weighted by Gasteiger charge is 2.30. The van der Waals surface area contributed by atoms with E-state index in [9.17, 15) is 9.59 Å². The van der Waals surface area contributed by atoms with Crippen molar-refractivity contribution in [1.29, 1.82) is 0 Å². The van der Waals surface area contributed by atoms with Gasteiger partial charge in [-0.1, -0.05) is 80.2 Å². The fourth-order valence-corrected chi connectivity index (χ4v) is 4.41. The number of hydrazone groups is 1. The molecule has 5 aromatic rings. The van der Waals surface area contributed by atoms with Gasteiger partial charge in [0.2, 0.25) is 23.5 Å². The van der Waals surface area contributed by atoms with Gasteiger partial charge in [0, 0.05) is 33.0 Å². The Kier molecular flexibility index (Phi) is 6.49. The second kappa shape index (κ2) is 9.70. The number of hydrogen-bond donors (Lipinski definition) is 4. The number of nitrogens with zero attached hydrogens (tertiary/aromatic N) is 4. The van der Waals surface area contributed by atoms with E-state index in [1.807, 2.05) is 36.4 Å². The number of hydrogen-bond acceptors (Lipinski definition) is 8. The van der Waals surface area contributed by atoms with Gasteiger partial charge in [0.15, 0.2) is 0 Å². The SMILES string of the molecule is C.NN=C(N)N.Nc1nnc2c(n1)-c1cccc3cccc-2c13.O=C1C(=O)c2cccc3cccc1c23. The van der Waals surface area contributed by atoms with Crippen molar-refractivity contribution in [2.75, 3.05) is 5.73 Å². The van der Waals surface area contributed by atoms with E-state index in [0.29, 0.717) is 11.1 Å². The summed E-state index contributed by atoms with van der Waals surface area (Å²) >= 11 is 0. The third kappa shape index (κ3) is 4.16. The van der Waals surface area contributed by atoms with E-state index in [4.69, 9.17) is 17.2 Å². The van der Waals surface area contributed by atoms with Gasteiger partial charge in [-0.3, -0.25) is 9.59 Å². The van der Waals surface area contributed by atoms with Gasteiger partial charge in [-0.2, -0.15) is 0 Å². The smallest absolute Gasteiger partial charge is 0.240 e. The summed E-state index contributed by atoms with van der Waals surface area (Å²) in [6, 6.07) is 23.2. The maximum absolute atomic E-state index is 11.5. The predicted octanol–water partition coefficient (Wildman–Crippen LogP) is 3.24. The van der Waals surface area contributed by atoms with Gasteiger partial charge in [0.05, 0.1) is 0 Å². The fraction of sp³-hybridized carbons (Fsp3) is 0.0370. The molecule has 0 amide bonds. The van der Waals surface area contributed by atoms with Crippen LogP contribution in [0.25, 0.3) is 44.1 Å². The number of Topliss-reactive ketones (excluding diaryl/α,β-unsaturated/α-hetero) is 2. The number of fused-ring (bicyclic) bond motifs is 3. The standard InChI is InChI=1S/C13H8N4.C12H6O2.CH6N4.CH4/c14-13-15-11-8-5-1-3-7-4-2-6-9(10(7)8)12(11)16-17-13;13-11-8-5-1-3-7-4-2-6-9(10(7)8)12(11)14;2-1(3)5-4;/h1-6H,(H2,14,15,17);1-6H;4H2,(H4,2,3,5);1H4. The average Bonchev–Trinajstić information content (AvgIpc) is 3.35. The summed E-state index contributed by atoms with van der Waals surface area (Å²) in [5, 5.41) is 15.0. The molecule has 1 aromatic heterocycles. The molecule has 184 valence electrons. The van der Waals surface area contributed by atoms with Crippen LogP contribution in [0.5, 0.6) is 0 Å². The van der Waals surface area contributed by atoms with E-state index in [2.05, 4.69) is 38.3 Å². The summed E-state index contributed by atoms with van der Waals surface area (Å²) in [7, 11) is 0. The zero-order valence-corrected chi connectivity index (χ0v) is 18.8. The van der Waals surface area contributed by atoms with Crippen molar-refractivity contribution in [2.45, 2.75) is 7.43 Å². The van der Waals surface area contributed by atoms with Gasteiger partial charge in [0.1, 0.15) is 11.4 Å². The molecule has 0 spiro atoms. The van der Waals surface area contributed by atoms with Crippen LogP contribution in [0.15, 0.2) is 77.9 Å². The molecular formula is C27H24N8O2. The molecule has 8 N–H and O–H groups in total. The molecule has 4 aromatic carbocycles. The molecule has 2 aliphatic carbocycles. The van der Waals surface area contributed by atoms with Crippen molar-refractivity contribution in [3.63, 3.8) is 0 Å². The fourth-order valence-electron chi connectivity index (χ4n) is 4.41. The summed E-state index contributed by atoms with van der Waals surface area (Å²) in [5.41, 5.74) is 19.9. The minimum Gasteiger partial charge on any atom is -0.369 e. The lowest BCUT2D eigenvalue weighted by atomic mass is 10.0. The van der Waals surface area contributed by atoms with Crippen LogP contribution in [0.4, 0.5) is 5.95 Å². The summed E-state index contributed by atoms with van der Waals surface area (Å²) in [6.45, 7) is 0. The van der Waals surface area contributed by atoms with Crippen LogP contribution >= 0.6 is 0 Å². The number of carbonyl (C=O) groups excluding carboxylic acids is 2. The Bertz CT molecular complexity index is 1670. The number of rotatable bonds is 0. The minimum absolute atomic E-state index is 0. The molecule has 0 bridgehead atoms. The number of anilines is 1. The Morgan fingerprint density at radius 2 is 1.05 bits per heavy atom. The molecule has 10 heteroatoms. The molecule has 1 heterocycles. The summed E-state index contributed by atoms with van der Waals surface area (Å²) < 4.78 is 0. The van der Waals surface area contributed by atoms with Crippen molar-refractivity contribution in [3.05, 3.63) is 83.9 Å². The molecule has 0 fully saturated rings. The summed E-state index contributed by atoms with van der Waals surface area (Å²) in [5.74, 6) is 3.88. The van der Waals surface area contributed by atoms with E-state index in [1.54, 1.807) is 24.3 Å². The first kappa shape index (κ1) is 24.7. The number of nitrogens with two attached hydrogens (primary N) is 4. The lowest BCUT2D eigenvalue weighted by Gasteiger charge is -1.99. The minimum atomic E-state index is -0.378. The third-order valence-corrected chi connectivity index (χ3v) is 5.87. The predicted molar refractivity (Wildman–Crippen MR) is 146 cm³/mol. The molecule has 0 unspecified atom stereocenters. The maximum Gasteiger partial charge on any atom is 0.240 e. The van der Waals surface area contributed by atoms with E-state index in [0.717, 1.165) is 33.3 Å². The topological polar surface area (TPSA) is 189 Å². The monoisotopic (exact) mass is 492 g/mol. The number of nitrogen functional groups attached to an aromatic ring is 1. The van der Waals surface area contributed by atoms with Gasteiger partial charge in [-0.05, 0) is 10.8 Å². The Morgan fingerprint density at radius 1 is 0.649 bits per heavy atom. The largest absolute Gasteiger partial charge is 0.369 e. The summed E-state index contributed by atoms with van der Waals surface area (Å²) in [6.07, 6.45) is 0. The number of guanidine groups is 1. The first-order valence-corrected chi connectivity index (χ1v) is 10.8. The average molecular weight is 493 g/mol. The molecule has 2 aliphatic rings. The maximum atomic E-state index is 11.5. The zero-order chi connectivity index (χ0) is 25.4. The highest BCUT2D eigenvalue weighted by molar-refractivity contribution is 6.57. The van der Waals surface area contributed by atoms with Gasteiger partial charge < -0.3 is 23.0 Å². The van der Waals surface area contributed by atoms with Crippen molar-refractivity contribution >= 4 is 45.0 Å². The lowest BCUT2D eigenvalue weighted by Crippen LogP contribution is -2.23. The normalized spacial score (nSPS) is 11.6. The zero-order valence-electron chi connectivity index (χ0n) is 18.8. The Balaban J connectivity index is 0.000000146. The molecule has 10 nitrogen and oxygen atoms in total. The van der Waals surface area contributed by atoms with Crippen molar-refractivity contribution in [2.24, 2.45) is 22.4 Å². The number of ketones is 2. The molecule has 0 aliphatic heterocycles. The van der Waals surface area contributed by atoms with Gasteiger partial charge in [-0.15, -0.1) is 15.3 Å². The van der Waals surface area contributed by atoms with Crippen molar-refractivity contribution < 1.29 is 9.59 Å².